The van der Waals surface area contributed by atoms with Crippen LogP contribution in [0.5, 0.6) is 11.5 Å². The first-order chi connectivity index (χ1) is 7.54. The number of ketones is 1. The van der Waals surface area contributed by atoms with E-state index in [0.717, 1.165) is 12.0 Å². The monoisotopic (exact) mass is 284 g/mol. The van der Waals surface area contributed by atoms with E-state index >= 15 is 0 Å². The molecule has 2 unspecified atom stereocenters. The van der Waals surface area contributed by atoms with E-state index in [4.69, 9.17) is 4.74 Å². The van der Waals surface area contributed by atoms with Crippen molar-refractivity contribution in [1.82, 2.24) is 0 Å². The highest BCUT2D eigenvalue weighted by Crippen LogP contribution is 2.50. The lowest BCUT2D eigenvalue weighted by Gasteiger charge is -2.08. The number of methoxy groups -OCH3 is 1. The SMILES string of the molecule is COc1cc(C2CC2C(C)=O)cc(Br)c1O. The largest absolute Gasteiger partial charge is 0.503 e. The number of ether oxygens (including phenoxy) is 1. The van der Waals surface area contributed by atoms with E-state index < -0.39 is 0 Å². The van der Waals surface area contributed by atoms with Crippen molar-refractivity contribution in [2.75, 3.05) is 7.11 Å². The normalized spacial score (nSPS) is 22.9. The third-order valence-electron chi connectivity index (χ3n) is 3.01. The number of rotatable bonds is 3. The molecule has 0 aromatic heterocycles. The van der Waals surface area contributed by atoms with Crippen LogP contribution >= 0.6 is 15.9 Å². The van der Waals surface area contributed by atoms with Crippen LogP contribution in [-0.2, 0) is 4.79 Å². The van der Waals surface area contributed by atoms with Gasteiger partial charge in [-0.05, 0) is 52.9 Å². The first-order valence-electron chi connectivity index (χ1n) is 5.11. The van der Waals surface area contributed by atoms with Gasteiger partial charge < -0.3 is 9.84 Å². The van der Waals surface area contributed by atoms with Crippen molar-refractivity contribution in [3.63, 3.8) is 0 Å². The summed E-state index contributed by atoms with van der Waals surface area (Å²) in [6, 6.07) is 3.65. The number of halogens is 1. The molecular formula is C12H13BrO3. The number of phenolic OH excluding ortho intramolecular Hbond substituents is 1. The second-order valence-electron chi connectivity index (χ2n) is 4.11. The Bertz CT molecular complexity index is 442. The van der Waals surface area contributed by atoms with Gasteiger partial charge in [-0.25, -0.2) is 0 Å². The molecule has 2 rings (SSSR count). The van der Waals surface area contributed by atoms with Crippen molar-refractivity contribution < 1.29 is 14.6 Å². The van der Waals surface area contributed by atoms with Crippen LogP contribution in [0.3, 0.4) is 0 Å². The van der Waals surface area contributed by atoms with Crippen molar-refractivity contribution in [1.29, 1.82) is 0 Å². The van der Waals surface area contributed by atoms with Crippen LogP contribution in [0.1, 0.15) is 24.8 Å². The third-order valence-corrected chi connectivity index (χ3v) is 3.62. The molecule has 2 atom stereocenters. The van der Waals surface area contributed by atoms with Crippen molar-refractivity contribution >= 4 is 21.7 Å². The third kappa shape index (κ3) is 1.94. The van der Waals surface area contributed by atoms with E-state index in [-0.39, 0.29) is 23.4 Å². The van der Waals surface area contributed by atoms with Crippen LogP contribution in [0.2, 0.25) is 0 Å². The Kier molecular flexibility index (Phi) is 2.93. The smallest absolute Gasteiger partial charge is 0.172 e. The van der Waals surface area contributed by atoms with E-state index in [0.29, 0.717) is 10.2 Å². The van der Waals surface area contributed by atoms with Crippen LogP contribution in [0, 0.1) is 5.92 Å². The Morgan fingerprint density at radius 2 is 2.25 bits per heavy atom. The van der Waals surface area contributed by atoms with E-state index in [1.54, 1.807) is 13.0 Å². The molecule has 0 saturated heterocycles. The highest BCUT2D eigenvalue weighted by atomic mass is 79.9. The molecule has 86 valence electrons. The summed E-state index contributed by atoms with van der Waals surface area (Å²) in [4.78, 5) is 11.2. The molecule has 0 radical (unpaired) electrons. The molecule has 0 spiro atoms. The van der Waals surface area contributed by atoms with Crippen LogP contribution in [0.15, 0.2) is 16.6 Å². The van der Waals surface area contributed by atoms with Crippen LogP contribution in [-0.4, -0.2) is 18.0 Å². The maximum absolute atomic E-state index is 11.2. The van der Waals surface area contributed by atoms with Gasteiger partial charge in [0.15, 0.2) is 11.5 Å². The van der Waals surface area contributed by atoms with Gasteiger partial charge in [-0.15, -0.1) is 0 Å². The van der Waals surface area contributed by atoms with Gasteiger partial charge in [-0.3, -0.25) is 4.79 Å². The van der Waals surface area contributed by atoms with Gasteiger partial charge in [0.25, 0.3) is 0 Å². The van der Waals surface area contributed by atoms with Crippen molar-refractivity contribution in [3.05, 3.63) is 22.2 Å². The summed E-state index contributed by atoms with van der Waals surface area (Å²) in [5.41, 5.74) is 1.04. The molecule has 1 aliphatic carbocycles. The minimum Gasteiger partial charge on any atom is -0.503 e. The molecule has 16 heavy (non-hydrogen) atoms. The van der Waals surface area contributed by atoms with Crippen LogP contribution in [0.25, 0.3) is 0 Å². The van der Waals surface area contributed by atoms with Gasteiger partial charge in [-0.2, -0.15) is 0 Å². The fourth-order valence-corrected chi connectivity index (χ4v) is 2.44. The average molecular weight is 285 g/mol. The van der Waals surface area contributed by atoms with E-state index in [1.807, 2.05) is 6.07 Å². The van der Waals surface area contributed by atoms with E-state index in [2.05, 4.69) is 15.9 Å². The summed E-state index contributed by atoms with van der Waals surface area (Å²) in [5.74, 6) is 1.20. The fourth-order valence-electron chi connectivity index (χ4n) is 1.98. The maximum Gasteiger partial charge on any atom is 0.172 e. The number of Topliss-reactive ketones (excluding diaryl/α,β-unsaturated/α-hetero) is 1. The number of aromatic hydroxyl groups is 1. The Labute approximate surface area is 103 Å². The maximum atomic E-state index is 11.2. The number of phenols is 1. The molecule has 4 heteroatoms. The molecule has 0 aliphatic heterocycles. The van der Waals surface area contributed by atoms with Gasteiger partial charge in [0.2, 0.25) is 0 Å². The Morgan fingerprint density at radius 3 is 2.75 bits per heavy atom. The summed E-state index contributed by atoms with van der Waals surface area (Å²) in [6.45, 7) is 1.62. The molecule has 1 N–H and O–H groups in total. The number of hydrogen-bond donors (Lipinski definition) is 1. The van der Waals surface area contributed by atoms with Crippen molar-refractivity contribution in [2.45, 2.75) is 19.3 Å². The highest BCUT2D eigenvalue weighted by Gasteiger charge is 2.42. The van der Waals surface area contributed by atoms with Crippen molar-refractivity contribution in [3.8, 4) is 11.5 Å². The molecule has 0 heterocycles. The van der Waals surface area contributed by atoms with Crippen LogP contribution in [0.4, 0.5) is 0 Å². The fraction of sp³-hybridized carbons (Fsp3) is 0.417. The lowest BCUT2D eigenvalue weighted by molar-refractivity contribution is -0.118. The number of hydrogen-bond acceptors (Lipinski definition) is 3. The van der Waals surface area contributed by atoms with Crippen molar-refractivity contribution in [2.24, 2.45) is 5.92 Å². The van der Waals surface area contributed by atoms with E-state index in [1.165, 1.54) is 7.11 Å². The first kappa shape index (κ1) is 11.5. The predicted octanol–water partition coefficient (Wildman–Crippen LogP) is 2.86. The second kappa shape index (κ2) is 4.09. The predicted molar refractivity (Wildman–Crippen MR) is 63.9 cm³/mol. The number of carbonyl (C=O) groups is 1. The molecular weight excluding hydrogens is 272 g/mol. The van der Waals surface area contributed by atoms with Crippen LogP contribution < -0.4 is 4.74 Å². The summed E-state index contributed by atoms with van der Waals surface area (Å²) < 4.78 is 5.68. The molecule has 1 fully saturated rings. The van der Waals surface area contributed by atoms with Gasteiger partial charge in [0.1, 0.15) is 5.78 Å². The molecule has 0 bridgehead atoms. The van der Waals surface area contributed by atoms with Gasteiger partial charge in [0.05, 0.1) is 11.6 Å². The Hall–Kier alpha value is -1.03. The minimum absolute atomic E-state index is 0.103. The second-order valence-corrected chi connectivity index (χ2v) is 4.97. The summed E-state index contributed by atoms with van der Waals surface area (Å²) >= 11 is 3.28. The average Bonchev–Trinajstić information content (AvgIpc) is 3.01. The quantitative estimate of drug-likeness (QED) is 0.928. The molecule has 1 aromatic rings. The molecule has 1 saturated carbocycles. The Morgan fingerprint density at radius 1 is 1.56 bits per heavy atom. The van der Waals surface area contributed by atoms with Gasteiger partial charge >= 0.3 is 0 Å². The molecule has 1 aliphatic rings. The lowest BCUT2D eigenvalue weighted by Crippen LogP contribution is -1.95. The summed E-state index contributed by atoms with van der Waals surface area (Å²) in [6.07, 6.45) is 0.899. The Balaban J connectivity index is 2.30. The molecule has 1 aromatic carbocycles. The zero-order valence-electron chi connectivity index (χ0n) is 9.16. The highest BCUT2D eigenvalue weighted by molar-refractivity contribution is 9.10. The zero-order valence-corrected chi connectivity index (χ0v) is 10.7. The van der Waals surface area contributed by atoms with Gasteiger partial charge in [-0.1, -0.05) is 0 Å². The number of carbonyl (C=O) groups excluding carboxylic acids is 1. The number of benzene rings is 1. The van der Waals surface area contributed by atoms with E-state index in [9.17, 15) is 9.90 Å². The molecule has 3 nitrogen and oxygen atoms in total. The topological polar surface area (TPSA) is 46.5 Å². The van der Waals surface area contributed by atoms with Gasteiger partial charge in [0, 0.05) is 5.92 Å². The minimum atomic E-state index is 0.103. The lowest BCUT2D eigenvalue weighted by atomic mass is 10.1. The molecule has 0 amide bonds. The zero-order chi connectivity index (χ0) is 11.9. The summed E-state index contributed by atoms with van der Waals surface area (Å²) in [7, 11) is 1.51. The first-order valence-corrected chi connectivity index (χ1v) is 5.90. The standard InChI is InChI=1S/C12H13BrO3/c1-6(14)8-5-9(8)7-3-10(13)12(15)11(4-7)16-2/h3-4,8-9,15H,5H2,1-2H3. The summed E-state index contributed by atoms with van der Waals surface area (Å²) in [5, 5.41) is 9.66.